The van der Waals surface area contributed by atoms with E-state index in [1.54, 1.807) is 0 Å². The lowest BCUT2D eigenvalue weighted by Crippen LogP contribution is -2.31. The summed E-state index contributed by atoms with van der Waals surface area (Å²) in [6.07, 6.45) is 0. The highest BCUT2D eigenvalue weighted by atomic mass is 15.1. The third-order valence-corrected chi connectivity index (χ3v) is 9.98. The molecule has 2 aromatic heterocycles. The van der Waals surface area contributed by atoms with E-state index in [9.17, 15) is 5.26 Å². The van der Waals surface area contributed by atoms with E-state index in [2.05, 4.69) is 174 Å². The van der Waals surface area contributed by atoms with Crippen molar-refractivity contribution in [1.29, 1.82) is 5.26 Å². The van der Waals surface area contributed by atoms with Crippen molar-refractivity contribution in [3.05, 3.63) is 222 Å². The topological polar surface area (TPSA) is 54.5 Å². The van der Waals surface area contributed by atoms with Crippen molar-refractivity contribution in [2.45, 2.75) is 5.41 Å². The lowest BCUT2D eigenvalue weighted by molar-refractivity contribution is 0.745. The van der Waals surface area contributed by atoms with Crippen LogP contribution >= 0.6 is 0 Å². The van der Waals surface area contributed by atoms with Crippen LogP contribution in [0.5, 0.6) is 0 Å². The molecule has 0 unspecified atom stereocenters. The molecular formula is C48H32N4. The monoisotopic (exact) mass is 664 g/mol. The number of nitrogens with zero attached hydrogens (tertiary/aromatic N) is 4. The molecular weight excluding hydrogens is 633 g/mol. The first-order valence-electron chi connectivity index (χ1n) is 17.4. The summed E-state index contributed by atoms with van der Waals surface area (Å²) in [6.45, 7) is 0. The highest BCUT2D eigenvalue weighted by molar-refractivity contribution is 6.09. The molecule has 0 amide bonds. The van der Waals surface area contributed by atoms with Crippen molar-refractivity contribution in [2.75, 3.05) is 0 Å². The third-order valence-electron chi connectivity index (χ3n) is 9.98. The van der Waals surface area contributed by atoms with Crippen molar-refractivity contribution in [3.8, 4) is 34.5 Å². The van der Waals surface area contributed by atoms with Crippen LogP contribution < -0.4 is 0 Å². The molecule has 0 saturated heterocycles. The van der Waals surface area contributed by atoms with Gasteiger partial charge in [0.1, 0.15) is 5.82 Å². The zero-order valence-electron chi connectivity index (χ0n) is 28.3. The van der Waals surface area contributed by atoms with Gasteiger partial charge in [-0.15, -0.1) is 0 Å². The first-order valence-corrected chi connectivity index (χ1v) is 17.4. The Hall–Kier alpha value is -7.09. The van der Waals surface area contributed by atoms with Gasteiger partial charge in [-0.1, -0.05) is 158 Å². The van der Waals surface area contributed by atoms with Crippen LogP contribution in [0.4, 0.5) is 0 Å². The number of fused-ring (bicyclic) bond motifs is 3. The fourth-order valence-corrected chi connectivity index (χ4v) is 7.70. The average molecular weight is 665 g/mol. The molecule has 9 aromatic rings. The maximum absolute atomic E-state index is 9.78. The quantitative estimate of drug-likeness (QED) is 0.159. The molecule has 0 aliphatic rings. The number of nitriles is 1. The standard InChI is InChI=1S/C48H32N4/c49-33-34-16-14-17-35(30-34)43-32-46(52-44-28-12-10-26-41(44)42-27-11-13-29-45(42)52)51-47(50-43)36-18-15-25-40(31-36)48(37-19-4-1-5-20-37,38-21-6-2-7-22-38)39-23-8-3-9-24-39/h1-32H. The predicted molar refractivity (Wildman–Crippen MR) is 210 cm³/mol. The summed E-state index contributed by atoms with van der Waals surface area (Å²) in [5, 5.41) is 12.1. The Labute approximate surface area is 302 Å². The van der Waals surface area contributed by atoms with Crippen molar-refractivity contribution < 1.29 is 0 Å². The Morgan fingerprint density at radius 1 is 0.442 bits per heavy atom. The Bertz CT molecular complexity index is 2590. The Kier molecular flexibility index (Phi) is 7.72. The van der Waals surface area contributed by atoms with Crippen LogP contribution in [0.25, 0.3) is 50.3 Å². The van der Waals surface area contributed by atoms with Crippen LogP contribution in [-0.2, 0) is 5.41 Å². The molecule has 4 heteroatoms. The molecule has 0 saturated carbocycles. The van der Waals surface area contributed by atoms with E-state index in [4.69, 9.17) is 9.97 Å². The molecule has 0 aliphatic heterocycles. The normalized spacial score (nSPS) is 11.4. The van der Waals surface area contributed by atoms with E-state index in [1.807, 2.05) is 30.3 Å². The zero-order valence-corrected chi connectivity index (χ0v) is 28.3. The molecule has 0 fully saturated rings. The van der Waals surface area contributed by atoms with E-state index in [-0.39, 0.29) is 0 Å². The number of benzene rings is 7. The summed E-state index contributed by atoms with van der Waals surface area (Å²) in [6, 6.07) is 69.7. The molecule has 9 rings (SSSR count). The van der Waals surface area contributed by atoms with Gasteiger partial charge in [0.15, 0.2) is 5.82 Å². The van der Waals surface area contributed by atoms with Crippen LogP contribution in [0.3, 0.4) is 0 Å². The van der Waals surface area contributed by atoms with Crippen molar-refractivity contribution in [2.24, 2.45) is 0 Å². The first-order chi connectivity index (χ1) is 25.7. The largest absolute Gasteiger partial charge is 0.294 e. The first kappa shape index (κ1) is 30.9. The van der Waals surface area contributed by atoms with Gasteiger partial charge in [0.25, 0.3) is 0 Å². The fraction of sp³-hybridized carbons (Fsp3) is 0.0208. The molecule has 4 nitrogen and oxygen atoms in total. The van der Waals surface area contributed by atoms with E-state index < -0.39 is 5.41 Å². The summed E-state index contributed by atoms with van der Waals surface area (Å²) in [5.74, 6) is 1.35. The highest BCUT2D eigenvalue weighted by Gasteiger charge is 2.38. The molecule has 2 heterocycles. The molecule has 7 aromatic carbocycles. The molecule has 0 radical (unpaired) electrons. The summed E-state index contributed by atoms with van der Waals surface area (Å²) in [7, 11) is 0. The summed E-state index contributed by atoms with van der Waals surface area (Å²) in [5.41, 5.74) is 9.18. The van der Waals surface area contributed by atoms with Gasteiger partial charge in [0.05, 0.1) is 33.8 Å². The van der Waals surface area contributed by atoms with Gasteiger partial charge in [-0.3, -0.25) is 4.57 Å². The van der Waals surface area contributed by atoms with Crippen LogP contribution in [0, 0.1) is 11.3 Å². The minimum absolute atomic E-state index is 0.580. The SMILES string of the molecule is N#Cc1cccc(-c2cc(-n3c4ccccc4c4ccccc43)nc(-c3cccc(C(c4ccccc4)(c4ccccc4)c4ccccc4)c3)n2)c1. The molecule has 244 valence electrons. The van der Waals surface area contributed by atoms with Gasteiger partial charge in [-0.05, 0) is 52.6 Å². The van der Waals surface area contributed by atoms with Gasteiger partial charge in [0, 0.05) is 28.0 Å². The van der Waals surface area contributed by atoms with Crippen molar-refractivity contribution in [1.82, 2.24) is 14.5 Å². The second-order valence-electron chi connectivity index (χ2n) is 12.9. The maximum atomic E-state index is 9.78. The second-order valence-corrected chi connectivity index (χ2v) is 12.9. The smallest absolute Gasteiger partial charge is 0.162 e. The Balaban J connectivity index is 1.33. The van der Waals surface area contributed by atoms with Gasteiger partial charge < -0.3 is 0 Å². The third kappa shape index (κ3) is 5.16. The number of hydrogen-bond acceptors (Lipinski definition) is 3. The minimum Gasteiger partial charge on any atom is -0.294 e. The molecule has 52 heavy (non-hydrogen) atoms. The van der Waals surface area contributed by atoms with Crippen LogP contribution in [-0.4, -0.2) is 14.5 Å². The molecule has 0 bridgehead atoms. The minimum atomic E-state index is -0.617. The molecule has 0 atom stereocenters. The number of hydrogen-bond donors (Lipinski definition) is 0. The van der Waals surface area contributed by atoms with Gasteiger partial charge in [-0.25, -0.2) is 9.97 Å². The summed E-state index contributed by atoms with van der Waals surface area (Å²) in [4.78, 5) is 10.6. The Morgan fingerprint density at radius 3 is 1.52 bits per heavy atom. The van der Waals surface area contributed by atoms with Gasteiger partial charge in [0.2, 0.25) is 0 Å². The van der Waals surface area contributed by atoms with Crippen LogP contribution in [0.2, 0.25) is 0 Å². The van der Waals surface area contributed by atoms with Crippen LogP contribution in [0.15, 0.2) is 194 Å². The second kappa shape index (κ2) is 13.0. The summed E-state index contributed by atoms with van der Waals surface area (Å²) < 4.78 is 2.22. The molecule has 0 N–H and O–H groups in total. The summed E-state index contributed by atoms with van der Waals surface area (Å²) >= 11 is 0. The predicted octanol–water partition coefficient (Wildman–Crippen LogP) is 11.2. The van der Waals surface area contributed by atoms with Crippen molar-refractivity contribution in [3.63, 3.8) is 0 Å². The van der Waals surface area contributed by atoms with E-state index in [0.29, 0.717) is 11.4 Å². The number of rotatable bonds is 7. The lowest BCUT2D eigenvalue weighted by Gasteiger charge is -2.37. The van der Waals surface area contributed by atoms with Gasteiger partial charge >= 0.3 is 0 Å². The van der Waals surface area contributed by atoms with E-state index >= 15 is 0 Å². The molecule has 0 spiro atoms. The van der Waals surface area contributed by atoms with Crippen LogP contribution in [0.1, 0.15) is 27.8 Å². The zero-order chi connectivity index (χ0) is 34.9. The molecule has 0 aliphatic carbocycles. The average Bonchev–Trinajstić information content (AvgIpc) is 3.57. The highest BCUT2D eigenvalue weighted by Crippen LogP contribution is 2.46. The number of aromatic nitrogens is 3. The van der Waals surface area contributed by atoms with Crippen molar-refractivity contribution >= 4 is 21.8 Å². The number of para-hydroxylation sites is 2. The van der Waals surface area contributed by atoms with E-state index in [0.717, 1.165) is 50.0 Å². The lowest BCUT2D eigenvalue weighted by atomic mass is 9.65. The van der Waals surface area contributed by atoms with Gasteiger partial charge in [-0.2, -0.15) is 5.26 Å². The maximum Gasteiger partial charge on any atom is 0.162 e. The van der Waals surface area contributed by atoms with E-state index in [1.165, 1.54) is 16.7 Å². The Morgan fingerprint density at radius 2 is 0.942 bits per heavy atom. The fourth-order valence-electron chi connectivity index (χ4n) is 7.70.